The van der Waals surface area contributed by atoms with Crippen LogP contribution in [0.2, 0.25) is 10.2 Å². The molecule has 0 aliphatic carbocycles. The van der Waals surface area contributed by atoms with Crippen LogP contribution in [0, 0.1) is 0 Å². The van der Waals surface area contributed by atoms with Gasteiger partial charge >= 0.3 is 0 Å². The molecule has 0 spiro atoms. The van der Waals surface area contributed by atoms with Crippen LogP contribution in [0.1, 0.15) is 30.1 Å². The lowest BCUT2D eigenvalue weighted by atomic mass is 10.1. The first-order chi connectivity index (χ1) is 15.1. The lowest BCUT2D eigenvalue weighted by molar-refractivity contribution is -0.116. The van der Waals surface area contributed by atoms with Gasteiger partial charge in [-0.1, -0.05) is 46.6 Å². The third-order valence-corrected chi connectivity index (χ3v) is 5.52. The number of benzene rings is 1. The maximum atomic E-state index is 12.1. The number of hydrogen-bond acceptors (Lipinski definition) is 6. The molecule has 0 fully saturated rings. The van der Waals surface area contributed by atoms with Gasteiger partial charge in [-0.25, -0.2) is 4.98 Å². The molecule has 0 saturated heterocycles. The quantitative estimate of drug-likeness (QED) is 0.520. The fraction of sp³-hybridized carbons (Fsp3) is 0.273. The second-order valence-electron chi connectivity index (χ2n) is 7.24. The van der Waals surface area contributed by atoms with E-state index in [2.05, 4.69) is 31.4 Å². The molecule has 160 valence electrons. The molecule has 1 aromatic carbocycles. The molecule has 7 nitrogen and oxygen atoms in total. The van der Waals surface area contributed by atoms with Gasteiger partial charge in [0.25, 0.3) is 0 Å². The van der Waals surface area contributed by atoms with Gasteiger partial charge in [0.2, 0.25) is 11.8 Å². The number of aryl methyl sites for hydroxylation is 1. The van der Waals surface area contributed by atoms with Crippen molar-refractivity contribution in [3.05, 3.63) is 76.1 Å². The van der Waals surface area contributed by atoms with E-state index in [1.807, 2.05) is 24.3 Å². The van der Waals surface area contributed by atoms with E-state index >= 15 is 0 Å². The van der Waals surface area contributed by atoms with Crippen LogP contribution in [0.15, 0.2) is 53.2 Å². The van der Waals surface area contributed by atoms with Crippen LogP contribution in [-0.4, -0.2) is 39.0 Å². The molecule has 0 saturated carbocycles. The Morgan fingerprint density at radius 3 is 2.77 bits per heavy atom. The van der Waals surface area contributed by atoms with Gasteiger partial charge in [0, 0.05) is 43.7 Å². The fourth-order valence-corrected chi connectivity index (χ4v) is 3.60. The van der Waals surface area contributed by atoms with Crippen LogP contribution >= 0.6 is 23.2 Å². The lowest BCUT2D eigenvalue weighted by Gasteiger charge is -2.25. The van der Waals surface area contributed by atoms with E-state index in [0.717, 1.165) is 36.7 Å². The summed E-state index contributed by atoms with van der Waals surface area (Å²) in [5.74, 6) is 0.841. The minimum absolute atomic E-state index is 0.190. The molecule has 9 heteroatoms. The average Bonchev–Trinajstić information content (AvgIpc) is 3.25. The second kappa shape index (κ2) is 10.0. The zero-order chi connectivity index (χ0) is 21.6. The Morgan fingerprint density at radius 2 is 2.03 bits per heavy atom. The van der Waals surface area contributed by atoms with Gasteiger partial charge in [0.05, 0.1) is 5.69 Å². The number of carbonyl (C=O) groups is 1. The molecule has 4 rings (SSSR count). The molecule has 0 unspecified atom stereocenters. The van der Waals surface area contributed by atoms with Crippen LogP contribution in [-0.2, 0) is 17.8 Å². The highest BCUT2D eigenvalue weighted by molar-refractivity contribution is 6.32. The molecule has 2 aromatic heterocycles. The van der Waals surface area contributed by atoms with Gasteiger partial charge in [0.15, 0.2) is 11.0 Å². The summed E-state index contributed by atoms with van der Waals surface area (Å²) in [6.45, 7) is 2.59. The van der Waals surface area contributed by atoms with Crippen LogP contribution in [0.4, 0.5) is 5.69 Å². The highest BCUT2D eigenvalue weighted by Crippen LogP contribution is 2.22. The molecule has 1 aliphatic heterocycles. The molecule has 1 amide bonds. The zero-order valence-corrected chi connectivity index (χ0v) is 18.2. The third kappa shape index (κ3) is 5.91. The Bertz CT molecular complexity index is 1080. The number of amides is 1. The molecule has 0 bridgehead atoms. The molecule has 1 N–H and O–H groups in total. The van der Waals surface area contributed by atoms with E-state index in [0.29, 0.717) is 23.8 Å². The highest BCUT2D eigenvalue weighted by Gasteiger charge is 2.18. The maximum Gasteiger partial charge on any atom is 0.227 e. The lowest BCUT2D eigenvalue weighted by Crippen LogP contribution is -2.28. The van der Waals surface area contributed by atoms with Gasteiger partial charge in [-0.05, 0) is 41.8 Å². The van der Waals surface area contributed by atoms with Crippen molar-refractivity contribution in [3.63, 3.8) is 0 Å². The number of rotatable bonds is 7. The maximum absolute atomic E-state index is 12.1. The van der Waals surface area contributed by atoms with Crippen LogP contribution in [0.3, 0.4) is 0 Å². The number of aromatic nitrogens is 3. The Labute approximate surface area is 190 Å². The van der Waals surface area contributed by atoms with E-state index in [-0.39, 0.29) is 17.5 Å². The Balaban J connectivity index is 1.27. The predicted molar refractivity (Wildman–Crippen MR) is 120 cm³/mol. The van der Waals surface area contributed by atoms with Crippen molar-refractivity contribution in [2.45, 2.75) is 25.8 Å². The minimum atomic E-state index is -0.190. The highest BCUT2D eigenvalue weighted by atomic mass is 35.5. The zero-order valence-electron chi connectivity index (χ0n) is 16.7. The number of anilines is 1. The van der Waals surface area contributed by atoms with Crippen LogP contribution in [0.25, 0.3) is 5.57 Å². The predicted octanol–water partition coefficient (Wildman–Crippen LogP) is 4.63. The molecular weight excluding hydrogens is 437 g/mol. The van der Waals surface area contributed by atoms with Crippen molar-refractivity contribution in [3.8, 4) is 0 Å². The van der Waals surface area contributed by atoms with Crippen molar-refractivity contribution in [1.29, 1.82) is 0 Å². The molecule has 3 aromatic rings. The topological polar surface area (TPSA) is 84.2 Å². The van der Waals surface area contributed by atoms with E-state index in [1.54, 1.807) is 18.3 Å². The van der Waals surface area contributed by atoms with Crippen LogP contribution in [0.5, 0.6) is 0 Å². The van der Waals surface area contributed by atoms with Gasteiger partial charge in [-0.3, -0.25) is 9.69 Å². The van der Waals surface area contributed by atoms with E-state index in [1.165, 1.54) is 5.56 Å². The van der Waals surface area contributed by atoms with Gasteiger partial charge in [-0.15, -0.1) is 0 Å². The Kier molecular flexibility index (Phi) is 6.96. The van der Waals surface area contributed by atoms with Crippen molar-refractivity contribution in [1.82, 2.24) is 20.0 Å². The number of nitrogens with zero attached hydrogens (tertiary/aromatic N) is 4. The molecule has 0 atom stereocenters. The molecule has 3 heterocycles. The van der Waals surface area contributed by atoms with Crippen molar-refractivity contribution in [2.24, 2.45) is 0 Å². The normalized spacial score (nSPS) is 14.3. The first-order valence-electron chi connectivity index (χ1n) is 9.96. The molecule has 31 heavy (non-hydrogen) atoms. The van der Waals surface area contributed by atoms with E-state index < -0.39 is 0 Å². The Hall–Kier alpha value is -2.74. The molecular formula is C22H21Cl2N5O2. The summed E-state index contributed by atoms with van der Waals surface area (Å²) in [5.41, 5.74) is 2.78. The number of nitrogens with one attached hydrogen (secondary N) is 1. The van der Waals surface area contributed by atoms with Crippen molar-refractivity contribution < 1.29 is 9.32 Å². The minimum Gasteiger partial charge on any atom is -0.339 e. The summed E-state index contributed by atoms with van der Waals surface area (Å²) in [6, 6.07) is 11.3. The van der Waals surface area contributed by atoms with Crippen LogP contribution < -0.4 is 5.32 Å². The first-order valence-corrected chi connectivity index (χ1v) is 10.7. The monoisotopic (exact) mass is 457 g/mol. The summed E-state index contributed by atoms with van der Waals surface area (Å²) in [4.78, 5) is 22.9. The number of halogens is 2. The average molecular weight is 458 g/mol. The fourth-order valence-electron chi connectivity index (χ4n) is 3.31. The number of carbonyl (C=O) groups excluding carboxylic acids is 1. The summed E-state index contributed by atoms with van der Waals surface area (Å²) in [6.07, 6.45) is 5.10. The summed E-state index contributed by atoms with van der Waals surface area (Å²) >= 11 is 11.9. The van der Waals surface area contributed by atoms with Gasteiger partial charge in [-0.2, -0.15) is 4.98 Å². The molecule has 1 aliphatic rings. The van der Waals surface area contributed by atoms with Crippen molar-refractivity contribution >= 4 is 40.4 Å². The number of hydrogen-bond donors (Lipinski definition) is 1. The second-order valence-corrected chi connectivity index (χ2v) is 8.04. The SMILES string of the molecule is O=C(CCc1nc(C2=CCN(Cc3ccc(Cl)cc3)CC2)no1)Nc1cccnc1Cl. The molecule has 0 radical (unpaired) electrons. The van der Waals surface area contributed by atoms with E-state index in [4.69, 9.17) is 27.7 Å². The van der Waals surface area contributed by atoms with Gasteiger partial charge < -0.3 is 9.84 Å². The summed E-state index contributed by atoms with van der Waals surface area (Å²) in [7, 11) is 0. The largest absolute Gasteiger partial charge is 0.339 e. The summed E-state index contributed by atoms with van der Waals surface area (Å²) < 4.78 is 5.33. The first kappa shape index (κ1) is 21.5. The third-order valence-electron chi connectivity index (χ3n) is 4.97. The standard InChI is InChI=1S/C22H21Cl2N5O2/c23-17-5-3-15(4-6-17)14-29-12-9-16(10-13-29)22-27-20(31-28-22)8-7-19(30)26-18-2-1-11-25-21(18)24/h1-6,9,11H,7-8,10,12-14H2,(H,26,30). The number of pyridine rings is 1. The smallest absolute Gasteiger partial charge is 0.227 e. The summed E-state index contributed by atoms with van der Waals surface area (Å²) in [5, 5.41) is 7.82. The van der Waals surface area contributed by atoms with Gasteiger partial charge in [0.1, 0.15) is 0 Å². The van der Waals surface area contributed by atoms with E-state index in [9.17, 15) is 4.79 Å². The van der Waals surface area contributed by atoms with Crippen molar-refractivity contribution in [2.75, 3.05) is 18.4 Å². The Morgan fingerprint density at radius 1 is 1.19 bits per heavy atom.